The number of carbonyl (C=O) groups is 1. The van der Waals surface area contributed by atoms with E-state index in [4.69, 9.17) is 0 Å². The van der Waals surface area contributed by atoms with Crippen molar-refractivity contribution in [3.8, 4) is 0 Å². The number of hydrogen-bond donors (Lipinski definition) is 1. The number of hydrogen-bond acceptors (Lipinski definition) is 5. The van der Waals surface area contributed by atoms with Crippen molar-refractivity contribution in [2.45, 2.75) is 19.9 Å². The summed E-state index contributed by atoms with van der Waals surface area (Å²) < 4.78 is 3.09. The standard InChI is InChI=1S/C16H22N6O3/c1-4-6-22-12-13(19(3)16(25)18-14(12)24)17-15(22)21-9-7-20(8-10-21)11(23)5-2/h4H,1,5-10H2,2-3H3,(H,18,24,25). The maximum atomic E-state index is 12.3. The summed E-state index contributed by atoms with van der Waals surface area (Å²) in [5.74, 6) is 0.753. The van der Waals surface area contributed by atoms with Crippen LogP contribution >= 0.6 is 0 Å². The molecule has 0 unspecified atom stereocenters. The first-order valence-electron chi connectivity index (χ1n) is 8.31. The number of carbonyl (C=O) groups excluding carboxylic acids is 1. The highest BCUT2D eigenvalue weighted by Gasteiger charge is 2.25. The molecular formula is C16H22N6O3. The second-order valence-corrected chi connectivity index (χ2v) is 6.02. The monoisotopic (exact) mass is 346 g/mol. The minimum absolute atomic E-state index is 0.137. The van der Waals surface area contributed by atoms with Gasteiger partial charge in [0, 0.05) is 46.2 Å². The van der Waals surface area contributed by atoms with E-state index in [1.807, 2.05) is 16.7 Å². The van der Waals surface area contributed by atoms with Crippen LogP contribution < -0.4 is 16.1 Å². The second-order valence-electron chi connectivity index (χ2n) is 6.02. The maximum Gasteiger partial charge on any atom is 0.329 e. The van der Waals surface area contributed by atoms with Gasteiger partial charge in [-0.05, 0) is 0 Å². The number of fused-ring (bicyclic) bond motifs is 1. The van der Waals surface area contributed by atoms with E-state index in [-0.39, 0.29) is 5.91 Å². The average molecular weight is 346 g/mol. The van der Waals surface area contributed by atoms with Gasteiger partial charge >= 0.3 is 5.69 Å². The second kappa shape index (κ2) is 6.58. The van der Waals surface area contributed by atoms with E-state index in [2.05, 4.69) is 16.5 Å². The molecule has 25 heavy (non-hydrogen) atoms. The van der Waals surface area contributed by atoms with Crippen molar-refractivity contribution in [3.63, 3.8) is 0 Å². The quantitative estimate of drug-likeness (QED) is 0.765. The van der Waals surface area contributed by atoms with Crippen molar-refractivity contribution >= 4 is 23.0 Å². The van der Waals surface area contributed by atoms with E-state index >= 15 is 0 Å². The van der Waals surface area contributed by atoms with Crippen molar-refractivity contribution in [2.75, 3.05) is 31.1 Å². The number of piperazine rings is 1. The third kappa shape index (κ3) is 2.86. The zero-order valence-corrected chi connectivity index (χ0v) is 14.5. The summed E-state index contributed by atoms with van der Waals surface area (Å²) in [5, 5.41) is 0. The van der Waals surface area contributed by atoms with Crippen LogP contribution in [0.15, 0.2) is 22.2 Å². The lowest BCUT2D eigenvalue weighted by Gasteiger charge is -2.35. The number of imidazole rings is 1. The molecule has 9 heteroatoms. The number of amides is 1. The molecule has 0 spiro atoms. The van der Waals surface area contributed by atoms with Crippen LogP contribution in [0.4, 0.5) is 5.95 Å². The van der Waals surface area contributed by atoms with Crippen LogP contribution in [0.25, 0.3) is 11.2 Å². The van der Waals surface area contributed by atoms with Crippen LogP contribution in [-0.4, -0.2) is 56.1 Å². The predicted molar refractivity (Wildman–Crippen MR) is 94.9 cm³/mol. The number of anilines is 1. The molecule has 0 aromatic carbocycles. The van der Waals surface area contributed by atoms with Crippen LogP contribution in [0, 0.1) is 0 Å². The van der Waals surface area contributed by atoms with E-state index in [0.717, 1.165) is 0 Å². The lowest BCUT2D eigenvalue weighted by Crippen LogP contribution is -2.49. The highest BCUT2D eigenvalue weighted by Crippen LogP contribution is 2.21. The number of rotatable bonds is 4. The molecule has 0 radical (unpaired) electrons. The number of nitrogens with zero attached hydrogens (tertiary/aromatic N) is 5. The first-order chi connectivity index (χ1) is 12.0. The highest BCUT2D eigenvalue weighted by molar-refractivity contribution is 5.77. The van der Waals surface area contributed by atoms with Crippen molar-refractivity contribution in [1.29, 1.82) is 0 Å². The Morgan fingerprint density at radius 3 is 2.56 bits per heavy atom. The molecule has 1 aliphatic rings. The first kappa shape index (κ1) is 17.0. The number of aromatic amines is 1. The van der Waals surface area contributed by atoms with Crippen molar-refractivity contribution in [1.82, 2.24) is 24.0 Å². The molecule has 0 saturated carbocycles. The van der Waals surface area contributed by atoms with Gasteiger partial charge in [-0.3, -0.25) is 19.1 Å². The Balaban J connectivity index is 2.04. The lowest BCUT2D eigenvalue weighted by atomic mass is 10.3. The van der Waals surface area contributed by atoms with Gasteiger partial charge in [0.2, 0.25) is 11.9 Å². The molecule has 134 valence electrons. The summed E-state index contributed by atoms with van der Waals surface area (Å²) in [4.78, 5) is 46.7. The van der Waals surface area contributed by atoms with E-state index in [1.165, 1.54) is 4.57 Å². The molecule has 3 rings (SSSR count). The Hall–Kier alpha value is -2.84. The number of nitrogens with one attached hydrogen (secondary N) is 1. The normalized spacial score (nSPS) is 15.0. The van der Waals surface area contributed by atoms with Gasteiger partial charge in [-0.2, -0.15) is 4.98 Å². The first-order valence-corrected chi connectivity index (χ1v) is 8.31. The highest BCUT2D eigenvalue weighted by atomic mass is 16.2. The SMILES string of the molecule is C=CCn1c(N2CCN(C(=O)CC)CC2)nc2c1c(=O)[nH]c(=O)n2C. The maximum absolute atomic E-state index is 12.3. The summed E-state index contributed by atoms with van der Waals surface area (Å²) in [6, 6.07) is 0. The Labute approximate surface area is 144 Å². The summed E-state index contributed by atoms with van der Waals surface area (Å²) in [6.45, 7) is 8.47. The Morgan fingerprint density at radius 1 is 1.28 bits per heavy atom. The van der Waals surface area contributed by atoms with Crippen molar-refractivity contribution in [2.24, 2.45) is 7.05 Å². The Bertz CT molecular complexity index is 930. The van der Waals surface area contributed by atoms with Crippen LogP contribution in [0.5, 0.6) is 0 Å². The fourth-order valence-corrected chi connectivity index (χ4v) is 3.15. The smallest absolute Gasteiger partial charge is 0.329 e. The molecule has 3 heterocycles. The summed E-state index contributed by atoms with van der Waals surface area (Å²) in [5.41, 5.74) is -0.258. The van der Waals surface area contributed by atoms with Crippen LogP contribution in [-0.2, 0) is 18.4 Å². The van der Waals surface area contributed by atoms with Crippen LogP contribution in [0.2, 0.25) is 0 Å². The van der Waals surface area contributed by atoms with Gasteiger partial charge in [-0.25, -0.2) is 4.79 Å². The Kier molecular flexibility index (Phi) is 4.47. The number of H-pyrrole nitrogens is 1. The van der Waals surface area contributed by atoms with Gasteiger partial charge in [0.05, 0.1) is 0 Å². The third-order valence-electron chi connectivity index (χ3n) is 4.52. The van der Waals surface area contributed by atoms with Gasteiger partial charge in [-0.15, -0.1) is 6.58 Å². The molecule has 0 aliphatic carbocycles. The third-order valence-corrected chi connectivity index (χ3v) is 4.52. The zero-order chi connectivity index (χ0) is 18.1. The summed E-state index contributed by atoms with van der Waals surface area (Å²) >= 11 is 0. The molecule has 0 bridgehead atoms. The molecule has 0 atom stereocenters. The molecule has 1 aliphatic heterocycles. The van der Waals surface area contributed by atoms with E-state index in [1.54, 1.807) is 17.7 Å². The Morgan fingerprint density at radius 2 is 1.96 bits per heavy atom. The van der Waals surface area contributed by atoms with Gasteiger partial charge < -0.3 is 14.4 Å². The van der Waals surface area contributed by atoms with Crippen molar-refractivity contribution in [3.05, 3.63) is 33.5 Å². The molecule has 2 aromatic heterocycles. The van der Waals surface area contributed by atoms with Gasteiger partial charge in [-0.1, -0.05) is 13.0 Å². The molecule has 1 amide bonds. The summed E-state index contributed by atoms with van der Waals surface area (Å²) in [6.07, 6.45) is 2.18. The van der Waals surface area contributed by atoms with E-state index in [9.17, 15) is 14.4 Å². The van der Waals surface area contributed by atoms with E-state index in [0.29, 0.717) is 56.3 Å². The minimum atomic E-state index is -0.495. The predicted octanol–water partition coefficient (Wildman–Crippen LogP) is -0.332. The summed E-state index contributed by atoms with van der Waals surface area (Å²) in [7, 11) is 1.58. The molecule has 9 nitrogen and oxygen atoms in total. The molecule has 1 saturated heterocycles. The molecular weight excluding hydrogens is 324 g/mol. The van der Waals surface area contributed by atoms with Crippen LogP contribution in [0.3, 0.4) is 0 Å². The molecule has 2 aromatic rings. The van der Waals surface area contributed by atoms with Gasteiger partial charge in [0.25, 0.3) is 5.56 Å². The fourth-order valence-electron chi connectivity index (χ4n) is 3.15. The lowest BCUT2D eigenvalue weighted by molar-refractivity contribution is -0.131. The molecule has 1 fully saturated rings. The van der Waals surface area contributed by atoms with Gasteiger partial charge in [0.15, 0.2) is 11.2 Å². The number of aryl methyl sites for hydroxylation is 1. The van der Waals surface area contributed by atoms with Crippen LogP contribution in [0.1, 0.15) is 13.3 Å². The van der Waals surface area contributed by atoms with E-state index < -0.39 is 11.2 Å². The zero-order valence-electron chi connectivity index (χ0n) is 14.5. The molecule has 1 N–H and O–H groups in total. The topological polar surface area (TPSA) is 96.2 Å². The number of allylic oxidation sites excluding steroid dienone is 1. The number of aromatic nitrogens is 4. The average Bonchev–Trinajstić information content (AvgIpc) is 2.99. The minimum Gasteiger partial charge on any atom is -0.339 e. The van der Waals surface area contributed by atoms with Gasteiger partial charge in [0.1, 0.15) is 0 Å². The fraction of sp³-hybridized carbons (Fsp3) is 0.500. The largest absolute Gasteiger partial charge is 0.339 e. The van der Waals surface area contributed by atoms with Crippen molar-refractivity contribution < 1.29 is 4.79 Å².